The van der Waals surface area contributed by atoms with Gasteiger partial charge in [-0.2, -0.15) is 10.2 Å². The third-order valence-electron chi connectivity index (χ3n) is 5.59. The maximum atomic E-state index is 4.15. The largest absolute Gasteiger partial charge is 0.339 e. The lowest BCUT2D eigenvalue weighted by atomic mass is 10.2. The highest BCUT2D eigenvalue weighted by Crippen LogP contribution is 2.19. The number of nitrogens with one attached hydrogen (secondary N) is 2. The summed E-state index contributed by atoms with van der Waals surface area (Å²) in [6, 6.07) is 27.3. The third-order valence-corrected chi connectivity index (χ3v) is 5.59. The van der Waals surface area contributed by atoms with Gasteiger partial charge in [0.2, 0.25) is 0 Å². The number of aryl methyl sites for hydroxylation is 2. The molecule has 2 N–H and O–H groups in total. The van der Waals surface area contributed by atoms with Gasteiger partial charge in [0, 0.05) is 36.2 Å². The molecule has 0 atom stereocenters. The molecule has 0 spiro atoms. The first-order valence-corrected chi connectivity index (χ1v) is 12.0. The molecule has 0 aliphatic heterocycles. The van der Waals surface area contributed by atoms with Crippen LogP contribution in [0.1, 0.15) is 11.1 Å². The molecule has 0 radical (unpaired) electrons. The summed E-state index contributed by atoms with van der Waals surface area (Å²) in [5.41, 5.74) is 4.40. The first-order chi connectivity index (χ1) is 18.7. The maximum absolute atomic E-state index is 4.15. The number of para-hydroxylation sites is 2. The van der Waals surface area contributed by atoms with E-state index < -0.39 is 0 Å². The van der Waals surface area contributed by atoms with Gasteiger partial charge in [-0.15, -0.1) is 20.4 Å². The van der Waals surface area contributed by atoms with Crippen molar-refractivity contribution in [2.75, 3.05) is 10.6 Å². The molecule has 6 rings (SSSR count). The molecule has 0 amide bonds. The second kappa shape index (κ2) is 11.6. The monoisotopic (exact) mass is 502 g/mol. The van der Waals surface area contributed by atoms with Crippen LogP contribution in [0.15, 0.2) is 110 Å². The zero-order valence-electron chi connectivity index (χ0n) is 21.0. The molecule has 10 nitrogen and oxygen atoms in total. The average Bonchev–Trinajstić information content (AvgIpc) is 3.68. The van der Waals surface area contributed by atoms with Crippen molar-refractivity contribution in [2.45, 2.75) is 13.8 Å². The van der Waals surface area contributed by atoms with Crippen LogP contribution < -0.4 is 10.6 Å². The second-order valence-corrected chi connectivity index (χ2v) is 8.33. The van der Waals surface area contributed by atoms with E-state index in [0.29, 0.717) is 23.3 Å². The van der Waals surface area contributed by atoms with Crippen LogP contribution in [0, 0.1) is 13.8 Å². The SMILES string of the molecule is Cc1ccccc1Nc1ccc(-n2cccn2)nn1.Cc1ccccc1Nc1ccc(-n2cccn2)nn1. The quantitative estimate of drug-likeness (QED) is 0.310. The molecule has 0 unspecified atom stereocenters. The summed E-state index contributed by atoms with van der Waals surface area (Å²) in [6.45, 7) is 4.10. The lowest BCUT2D eigenvalue weighted by molar-refractivity contribution is 0.816. The maximum Gasteiger partial charge on any atom is 0.175 e. The molecule has 38 heavy (non-hydrogen) atoms. The zero-order chi connectivity index (χ0) is 26.2. The Bertz CT molecular complexity index is 1440. The van der Waals surface area contributed by atoms with Gasteiger partial charge in [-0.25, -0.2) is 9.36 Å². The van der Waals surface area contributed by atoms with Crippen molar-refractivity contribution in [2.24, 2.45) is 0 Å². The van der Waals surface area contributed by atoms with E-state index in [2.05, 4.69) is 41.2 Å². The molecule has 6 aromatic rings. The van der Waals surface area contributed by atoms with E-state index in [-0.39, 0.29) is 0 Å². The van der Waals surface area contributed by atoms with E-state index in [9.17, 15) is 0 Å². The fraction of sp³-hybridized carbons (Fsp3) is 0.0714. The fourth-order valence-electron chi connectivity index (χ4n) is 3.54. The second-order valence-electron chi connectivity index (χ2n) is 8.33. The van der Waals surface area contributed by atoms with Crippen molar-refractivity contribution in [3.8, 4) is 11.6 Å². The number of anilines is 4. The van der Waals surface area contributed by atoms with Crippen molar-refractivity contribution in [3.05, 3.63) is 121 Å². The van der Waals surface area contributed by atoms with Gasteiger partial charge in [-0.3, -0.25) is 0 Å². The highest BCUT2D eigenvalue weighted by Gasteiger charge is 2.03. The highest BCUT2D eigenvalue weighted by molar-refractivity contribution is 5.60. The molecular weight excluding hydrogens is 476 g/mol. The summed E-state index contributed by atoms with van der Waals surface area (Å²) in [5, 5.41) is 31.3. The summed E-state index contributed by atoms with van der Waals surface area (Å²) < 4.78 is 3.34. The van der Waals surface area contributed by atoms with Crippen molar-refractivity contribution in [3.63, 3.8) is 0 Å². The first kappa shape index (κ1) is 24.3. The van der Waals surface area contributed by atoms with Crippen LogP contribution in [0.25, 0.3) is 11.6 Å². The van der Waals surface area contributed by atoms with Gasteiger partial charge in [0.1, 0.15) is 0 Å². The normalized spacial score (nSPS) is 10.4. The predicted octanol–water partition coefficient (Wildman–Crippen LogP) is 5.43. The van der Waals surface area contributed by atoms with Gasteiger partial charge in [-0.05, 0) is 73.5 Å². The number of hydrogen-bond acceptors (Lipinski definition) is 8. The van der Waals surface area contributed by atoms with Crippen LogP contribution >= 0.6 is 0 Å². The van der Waals surface area contributed by atoms with Crippen molar-refractivity contribution in [1.82, 2.24) is 40.0 Å². The number of rotatable bonds is 6. The molecule has 0 aliphatic carbocycles. The topological polar surface area (TPSA) is 111 Å². The summed E-state index contributed by atoms with van der Waals surface area (Å²) in [4.78, 5) is 0. The smallest absolute Gasteiger partial charge is 0.175 e. The minimum absolute atomic E-state index is 0.695. The summed E-state index contributed by atoms with van der Waals surface area (Å²) in [5.74, 6) is 2.82. The van der Waals surface area contributed by atoms with E-state index in [4.69, 9.17) is 0 Å². The van der Waals surface area contributed by atoms with Crippen LogP contribution in [0.2, 0.25) is 0 Å². The molecule has 0 bridgehead atoms. The Morgan fingerprint density at radius 3 is 1.29 bits per heavy atom. The molecule has 0 fully saturated rings. The van der Waals surface area contributed by atoms with Gasteiger partial charge in [0.15, 0.2) is 23.3 Å². The predicted molar refractivity (Wildman–Crippen MR) is 147 cm³/mol. The number of nitrogens with zero attached hydrogens (tertiary/aromatic N) is 8. The number of hydrogen-bond donors (Lipinski definition) is 2. The third kappa shape index (κ3) is 6.05. The zero-order valence-corrected chi connectivity index (χ0v) is 21.0. The van der Waals surface area contributed by atoms with Gasteiger partial charge < -0.3 is 10.6 Å². The molecule has 4 heterocycles. The fourth-order valence-corrected chi connectivity index (χ4v) is 3.54. The molecule has 0 saturated heterocycles. The Kier molecular flexibility index (Phi) is 7.40. The van der Waals surface area contributed by atoms with Gasteiger partial charge in [0.05, 0.1) is 0 Å². The first-order valence-electron chi connectivity index (χ1n) is 12.0. The summed E-state index contributed by atoms with van der Waals surface area (Å²) in [6.07, 6.45) is 7.08. The Labute approximate surface area is 220 Å². The Morgan fingerprint density at radius 2 is 0.947 bits per heavy atom. The minimum atomic E-state index is 0.695. The highest BCUT2D eigenvalue weighted by atomic mass is 15.3. The number of aromatic nitrogens is 8. The average molecular weight is 503 g/mol. The van der Waals surface area contributed by atoms with Gasteiger partial charge in [-0.1, -0.05) is 36.4 Å². The molecule has 2 aromatic carbocycles. The minimum Gasteiger partial charge on any atom is -0.339 e. The van der Waals surface area contributed by atoms with Crippen molar-refractivity contribution < 1.29 is 0 Å². The van der Waals surface area contributed by atoms with Crippen LogP contribution in [-0.2, 0) is 0 Å². The van der Waals surface area contributed by atoms with Crippen molar-refractivity contribution in [1.29, 1.82) is 0 Å². The van der Waals surface area contributed by atoms with Crippen LogP contribution in [0.5, 0.6) is 0 Å². The lowest BCUT2D eigenvalue weighted by Gasteiger charge is -2.08. The summed E-state index contributed by atoms with van der Waals surface area (Å²) >= 11 is 0. The standard InChI is InChI=1S/2C14H13N5/c2*1-11-5-2-3-6-12(11)16-13-7-8-14(18-17-13)19-10-4-9-15-19/h2*2-10H,1H3,(H,16,17). The lowest BCUT2D eigenvalue weighted by Crippen LogP contribution is -2.02. The van der Waals surface area contributed by atoms with Crippen LogP contribution in [0.3, 0.4) is 0 Å². The van der Waals surface area contributed by atoms with Gasteiger partial charge in [0.25, 0.3) is 0 Å². The van der Waals surface area contributed by atoms with E-state index >= 15 is 0 Å². The van der Waals surface area contributed by atoms with E-state index in [1.165, 1.54) is 11.1 Å². The van der Waals surface area contributed by atoms with E-state index in [1.807, 2.05) is 111 Å². The van der Waals surface area contributed by atoms with E-state index in [1.54, 1.807) is 21.8 Å². The van der Waals surface area contributed by atoms with Crippen LogP contribution in [-0.4, -0.2) is 40.0 Å². The Hall–Kier alpha value is -5.38. The molecule has 0 aliphatic rings. The van der Waals surface area contributed by atoms with E-state index in [0.717, 1.165) is 11.4 Å². The molecule has 10 heteroatoms. The Morgan fingerprint density at radius 1 is 0.500 bits per heavy atom. The molecular formula is C28H26N10. The molecule has 4 aromatic heterocycles. The number of benzene rings is 2. The van der Waals surface area contributed by atoms with Crippen LogP contribution in [0.4, 0.5) is 23.0 Å². The molecule has 188 valence electrons. The molecule has 0 saturated carbocycles. The summed E-state index contributed by atoms with van der Waals surface area (Å²) in [7, 11) is 0. The Balaban J connectivity index is 0.000000155. The van der Waals surface area contributed by atoms with Crippen molar-refractivity contribution >= 4 is 23.0 Å². The van der Waals surface area contributed by atoms with Gasteiger partial charge >= 0.3 is 0 Å².